The molecule has 0 bridgehead atoms. The summed E-state index contributed by atoms with van der Waals surface area (Å²) in [6.45, 7) is 0.106. The van der Waals surface area contributed by atoms with Gasteiger partial charge in [0.1, 0.15) is 5.75 Å². The van der Waals surface area contributed by atoms with Crippen molar-refractivity contribution < 1.29 is 18.1 Å². The minimum absolute atomic E-state index is 0. The molecule has 0 radical (unpaired) electrons. The molecule has 0 aliphatic rings. The number of methoxy groups -OCH3 is 1. The summed E-state index contributed by atoms with van der Waals surface area (Å²) < 4.78 is 30.6. The van der Waals surface area contributed by atoms with Crippen LogP contribution in [0.3, 0.4) is 0 Å². The molecule has 0 saturated heterocycles. The van der Waals surface area contributed by atoms with Crippen LogP contribution in [0.4, 0.5) is 5.69 Å². The van der Waals surface area contributed by atoms with Crippen LogP contribution in [0, 0.1) is 10.1 Å². The first-order valence-corrected chi connectivity index (χ1v) is 6.43. The Kier molecular flexibility index (Phi) is 6.70. The van der Waals surface area contributed by atoms with E-state index in [0.29, 0.717) is 0 Å². The second kappa shape index (κ2) is 7.24. The van der Waals surface area contributed by atoms with Gasteiger partial charge in [-0.15, -0.1) is 12.4 Å². The third-order valence-electron chi connectivity index (χ3n) is 2.09. The summed E-state index contributed by atoms with van der Waals surface area (Å²) in [5.74, 6) is 0.208. The predicted octanol–water partition coefficient (Wildman–Crippen LogP) is 0.262. The summed E-state index contributed by atoms with van der Waals surface area (Å²) in [6.07, 6.45) is 0. The third-order valence-corrected chi connectivity index (χ3v) is 3.60. The zero-order valence-electron chi connectivity index (χ0n) is 10.0. The van der Waals surface area contributed by atoms with Gasteiger partial charge in [-0.3, -0.25) is 10.1 Å². The summed E-state index contributed by atoms with van der Waals surface area (Å²) in [6, 6.07) is 3.51. The Balaban J connectivity index is 0.00000324. The summed E-state index contributed by atoms with van der Waals surface area (Å²) in [5, 5.41) is 10.8. The van der Waals surface area contributed by atoms with Crippen molar-refractivity contribution in [1.82, 2.24) is 4.72 Å². The highest BCUT2D eigenvalue weighted by Gasteiger charge is 2.25. The van der Waals surface area contributed by atoms with Crippen LogP contribution in [0.2, 0.25) is 0 Å². The maximum Gasteiger partial charge on any atom is 0.293 e. The number of nitro groups is 1. The van der Waals surface area contributed by atoms with Crippen LogP contribution < -0.4 is 15.2 Å². The SMILES string of the molecule is COc1ccc(S(=O)(=O)NCCN)c([N+](=O)[O-])c1.Cl. The van der Waals surface area contributed by atoms with Gasteiger partial charge in [0.2, 0.25) is 10.0 Å². The van der Waals surface area contributed by atoms with Crippen LogP contribution in [0.15, 0.2) is 23.1 Å². The van der Waals surface area contributed by atoms with Crippen LogP contribution in [0.25, 0.3) is 0 Å². The zero-order chi connectivity index (χ0) is 13.8. The lowest BCUT2D eigenvalue weighted by Crippen LogP contribution is -2.29. The molecule has 0 saturated carbocycles. The molecule has 0 heterocycles. The molecule has 0 aliphatic heterocycles. The number of nitrogens with zero attached hydrogens (tertiary/aromatic N) is 1. The van der Waals surface area contributed by atoms with Gasteiger partial charge in [0, 0.05) is 13.1 Å². The van der Waals surface area contributed by atoms with Crippen molar-refractivity contribution in [3.05, 3.63) is 28.3 Å². The van der Waals surface area contributed by atoms with Gasteiger partial charge in [0.25, 0.3) is 5.69 Å². The number of nitro benzene ring substituents is 1. The van der Waals surface area contributed by atoms with Gasteiger partial charge in [-0.25, -0.2) is 13.1 Å². The van der Waals surface area contributed by atoms with E-state index in [2.05, 4.69) is 4.72 Å². The highest BCUT2D eigenvalue weighted by atomic mass is 35.5. The lowest BCUT2D eigenvalue weighted by atomic mass is 10.3. The van der Waals surface area contributed by atoms with Crippen molar-refractivity contribution in [2.45, 2.75) is 4.90 Å². The van der Waals surface area contributed by atoms with Gasteiger partial charge in [-0.1, -0.05) is 0 Å². The number of hydrogen-bond donors (Lipinski definition) is 2. The fraction of sp³-hybridized carbons (Fsp3) is 0.333. The molecule has 0 spiro atoms. The fourth-order valence-corrected chi connectivity index (χ4v) is 2.46. The second-order valence-corrected chi connectivity index (χ2v) is 5.01. The van der Waals surface area contributed by atoms with Gasteiger partial charge in [0.15, 0.2) is 4.90 Å². The van der Waals surface area contributed by atoms with Crippen LogP contribution in [-0.2, 0) is 10.0 Å². The number of benzene rings is 1. The van der Waals surface area contributed by atoms with Crippen LogP contribution >= 0.6 is 12.4 Å². The Morgan fingerprint density at radius 3 is 2.58 bits per heavy atom. The Morgan fingerprint density at radius 2 is 2.11 bits per heavy atom. The maximum absolute atomic E-state index is 11.8. The molecule has 0 aromatic heterocycles. The Bertz CT molecular complexity index is 549. The second-order valence-electron chi connectivity index (χ2n) is 3.28. The number of nitrogens with one attached hydrogen (secondary N) is 1. The van der Waals surface area contributed by atoms with E-state index in [0.717, 1.165) is 12.1 Å². The maximum atomic E-state index is 11.8. The number of halogens is 1. The standard InChI is InChI=1S/C9H13N3O5S.ClH/c1-17-7-2-3-9(8(6-7)12(13)14)18(15,16)11-5-4-10;/h2-3,6,11H,4-5,10H2,1H3;1H. The minimum Gasteiger partial charge on any atom is -0.497 e. The topological polar surface area (TPSA) is 125 Å². The molecule has 1 aromatic rings. The normalized spacial score (nSPS) is 10.6. The highest BCUT2D eigenvalue weighted by molar-refractivity contribution is 7.89. The molecular formula is C9H14ClN3O5S. The average Bonchev–Trinajstić information content (AvgIpc) is 2.35. The van der Waals surface area contributed by atoms with E-state index in [1.165, 1.54) is 13.2 Å². The van der Waals surface area contributed by atoms with E-state index >= 15 is 0 Å². The molecule has 1 rings (SSSR count). The molecule has 0 atom stereocenters. The molecule has 10 heteroatoms. The van der Waals surface area contributed by atoms with E-state index in [4.69, 9.17) is 10.5 Å². The smallest absolute Gasteiger partial charge is 0.293 e. The molecule has 0 unspecified atom stereocenters. The molecule has 8 nitrogen and oxygen atoms in total. The molecule has 1 aromatic carbocycles. The summed E-state index contributed by atoms with van der Waals surface area (Å²) >= 11 is 0. The Labute approximate surface area is 116 Å². The van der Waals surface area contributed by atoms with E-state index in [9.17, 15) is 18.5 Å². The van der Waals surface area contributed by atoms with E-state index in [1.807, 2.05) is 0 Å². The molecule has 19 heavy (non-hydrogen) atoms. The summed E-state index contributed by atoms with van der Waals surface area (Å²) in [4.78, 5) is 9.65. The van der Waals surface area contributed by atoms with E-state index in [1.54, 1.807) is 0 Å². The van der Waals surface area contributed by atoms with Crippen molar-refractivity contribution in [2.24, 2.45) is 5.73 Å². The van der Waals surface area contributed by atoms with Crippen molar-refractivity contribution in [3.63, 3.8) is 0 Å². The predicted molar refractivity (Wildman–Crippen MR) is 71.1 cm³/mol. The van der Waals surface area contributed by atoms with Gasteiger partial charge < -0.3 is 10.5 Å². The zero-order valence-corrected chi connectivity index (χ0v) is 11.7. The first-order valence-electron chi connectivity index (χ1n) is 4.94. The van der Waals surface area contributed by atoms with Crippen molar-refractivity contribution in [2.75, 3.05) is 20.2 Å². The number of nitrogens with two attached hydrogens (primary N) is 1. The van der Waals surface area contributed by atoms with Gasteiger partial charge in [-0.2, -0.15) is 0 Å². The molecular weight excluding hydrogens is 298 g/mol. The highest BCUT2D eigenvalue weighted by Crippen LogP contribution is 2.27. The molecule has 0 fully saturated rings. The Hall–Kier alpha value is -1.42. The van der Waals surface area contributed by atoms with Crippen molar-refractivity contribution >= 4 is 28.1 Å². The van der Waals surface area contributed by atoms with Gasteiger partial charge in [0.05, 0.1) is 18.1 Å². The minimum atomic E-state index is -3.95. The lowest BCUT2D eigenvalue weighted by Gasteiger charge is -2.07. The van der Waals surface area contributed by atoms with Crippen LogP contribution in [0.5, 0.6) is 5.75 Å². The van der Waals surface area contributed by atoms with E-state index in [-0.39, 0.29) is 31.2 Å². The first-order chi connectivity index (χ1) is 8.42. The van der Waals surface area contributed by atoms with Crippen LogP contribution in [-0.4, -0.2) is 33.5 Å². The quantitative estimate of drug-likeness (QED) is 0.573. The summed E-state index contributed by atoms with van der Waals surface area (Å²) in [5.41, 5.74) is 4.63. The molecule has 3 N–H and O–H groups in total. The third kappa shape index (κ3) is 4.31. The Morgan fingerprint density at radius 1 is 1.47 bits per heavy atom. The van der Waals surface area contributed by atoms with Crippen molar-refractivity contribution in [3.8, 4) is 5.75 Å². The number of ether oxygens (including phenoxy) is 1. The van der Waals surface area contributed by atoms with Crippen molar-refractivity contribution in [1.29, 1.82) is 0 Å². The summed E-state index contributed by atoms with van der Waals surface area (Å²) in [7, 11) is -2.62. The molecule has 0 aliphatic carbocycles. The van der Waals surface area contributed by atoms with E-state index < -0.39 is 25.5 Å². The van der Waals surface area contributed by atoms with Gasteiger partial charge in [-0.05, 0) is 12.1 Å². The van der Waals surface area contributed by atoms with Gasteiger partial charge >= 0.3 is 0 Å². The molecule has 0 amide bonds. The fourth-order valence-electron chi connectivity index (χ4n) is 1.27. The largest absolute Gasteiger partial charge is 0.497 e. The molecule has 108 valence electrons. The number of hydrogen-bond acceptors (Lipinski definition) is 6. The lowest BCUT2D eigenvalue weighted by molar-refractivity contribution is -0.387. The first kappa shape index (κ1) is 17.6. The number of sulfonamides is 1. The average molecular weight is 312 g/mol. The number of rotatable bonds is 6. The monoisotopic (exact) mass is 311 g/mol. The van der Waals surface area contributed by atoms with Crippen LogP contribution in [0.1, 0.15) is 0 Å².